The van der Waals surface area contributed by atoms with Crippen LogP contribution in [0.5, 0.6) is 0 Å². The highest BCUT2D eigenvalue weighted by molar-refractivity contribution is 5.68. The summed E-state index contributed by atoms with van der Waals surface area (Å²) >= 11 is 0. The van der Waals surface area contributed by atoms with Gasteiger partial charge in [-0.2, -0.15) is 0 Å². The van der Waals surface area contributed by atoms with E-state index < -0.39 is 23.5 Å². The molecule has 0 bridgehead atoms. The lowest BCUT2D eigenvalue weighted by Gasteiger charge is -2.16. The molecule has 2 aromatic rings. The maximum absolute atomic E-state index is 12.7. The monoisotopic (exact) mass is 326 g/mol. The van der Waals surface area contributed by atoms with E-state index in [1.807, 2.05) is 0 Å². The average Bonchev–Trinajstić information content (AvgIpc) is 2.89. The van der Waals surface area contributed by atoms with Crippen LogP contribution in [-0.2, 0) is 18.0 Å². The van der Waals surface area contributed by atoms with Crippen LogP contribution in [0, 0.1) is 0 Å². The maximum Gasteiger partial charge on any atom is 0.330 e. The van der Waals surface area contributed by atoms with Gasteiger partial charge in [0.15, 0.2) is 11.2 Å². The van der Waals surface area contributed by atoms with Gasteiger partial charge < -0.3 is 14.4 Å². The fourth-order valence-electron chi connectivity index (χ4n) is 2.27. The molecular weight excluding hydrogens is 300 g/mol. The zero-order chi connectivity index (χ0) is 18.8. The highest BCUT2D eigenvalue weighted by atomic mass is 16.5. The molecule has 0 amide bonds. The number of unbranched alkanes of at least 4 members (excludes halogenated alkanes) is 1. The molecule has 23 heavy (non-hydrogen) atoms. The van der Waals surface area contributed by atoms with E-state index in [0.717, 1.165) is 15.5 Å². The van der Waals surface area contributed by atoms with E-state index in [9.17, 15) is 14.7 Å². The summed E-state index contributed by atoms with van der Waals surface area (Å²) in [4.78, 5) is 31.2. The molecule has 0 fully saturated rings. The Hall–Kier alpha value is -1.93. The summed E-state index contributed by atoms with van der Waals surface area (Å²) in [5.74, 6) is 0. The number of fused-ring (bicyclic) bond motifs is 1. The predicted molar refractivity (Wildman–Crippen MR) is 86.4 cm³/mol. The van der Waals surface area contributed by atoms with Gasteiger partial charge in [0, 0.05) is 13.2 Å². The molecule has 128 valence electrons. The van der Waals surface area contributed by atoms with Gasteiger partial charge in [-0.25, -0.2) is 9.78 Å². The van der Waals surface area contributed by atoms with Crippen molar-refractivity contribution < 1.29 is 12.6 Å². The van der Waals surface area contributed by atoms with E-state index in [0.29, 0.717) is 19.3 Å². The van der Waals surface area contributed by atoms with Crippen LogP contribution in [-0.4, -0.2) is 36.4 Å². The van der Waals surface area contributed by atoms with Crippen molar-refractivity contribution in [2.75, 3.05) is 6.61 Å². The lowest BCUT2D eigenvalue weighted by atomic mass is 10.0. The fourth-order valence-corrected chi connectivity index (χ4v) is 2.27. The molecule has 2 heterocycles. The minimum Gasteiger partial charge on any atom is -0.390 e. The minimum atomic E-state index is -2.25. The summed E-state index contributed by atoms with van der Waals surface area (Å²) < 4.78 is 22.9. The standard InChI is InChI=1S/C15H24N4O4/c1-4-23-10-18-9-16-12-11(18)13(20)19(14(21)17-12)8-6-5-7-15(2,3)22/h9,22H,4-8,10H2,1-3H3,(H,17,21)/i10D2. The zero-order valence-corrected chi connectivity index (χ0v) is 13.6. The molecule has 0 aliphatic carbocycles. The van der Waals surface area contributed by atoms with E-state index in [-0.39, 0.29) is 24.3 Å². The first-order valence-corrected chi connectivity index (χ1v) is 7.64. The van der Waals surface area contributed by atoms with Gasteiger partial charge in [-0.05, 0) is 40.0 Å². The van der Waals surface area contributed by atoms with Crippen molar-refractivity contribution in [1.82, 2.24) is 19.1 Å². The molecule has 2 N–H and O–H groups in total. The van der Waals surface area contributed by atoms with Gasteiger partial charge >= 0.3 is 5.69 Å². The van der Waals surface area contributed by atoms with E-state index in [1.165, 1.54) is 0 Å². The van der Waals surface area contributed by atoms with Gasteiger partial charge in [-0.3, -0.25) is 14.3 Å². The molecule has 0 saturated heterocycles. The van der Waals surface area contributed by atoms with Crippen LogP contribution >= 0.6 is 0 Å². The molecule has 2 aromatic heterocycles. The Labute approximate surface area is 136 Å². The van der Waals surface area contributed by atoms with Crippen LogP contribution in [0.2, 0.25) is 0 Å². The van der Waals surface area contributed by atoms with Crippen LogP contribution in [0.25, 0.3) is 11.2 Å². The lowest BCUT2D eigenvalue weighted by Crippen LogP contribution is -2.36. The third-order valence-electron chi connectivity index (χ3n) is 3.41. The minimum absolute atomic E-state index is 0.0197. The second-order valence-corrected chi connectivity index (χ2v) is 5.99. The molecule has 8 nitrogen and oxygen atoms in total. The highest BCUT2D eigenvalue weighted by Gasteiger charge is 2.14. The van der Waals surface area contributed by atoms with Crippen LogP contribution < -0.4 is 11.2 Å². The number of aliphatic hydroxyl groups is 1. The number of nitrogens with one attached hydrogen (secondary N) is 1. The Morgan fingerprint density at radius 2 is 2.17 bits per heavy atom. The molecule has 0 aromatic carbocycles. The zero-order valence-electron chi connectivity index (χ0n) is 15.6. The molecule has 0 radical (unpaired) electrons. The number of aromatic amines is 1. The van der Waals surface area contributed by atoms with Crippen molar-refractivity contribution >= 4 is 11.2 Å². The number of hydrogen-bond donors (Lipinski definition) is 2. The lowest BCUT2D eigenvalue weighted by molar-refractivity contribution is 0.0678. The number of H-pyrrole nitrogens is 1. The molecule has 0 aliphatic rings. The summed E-state index contributed by atoms with van der Waals surface area (Å²) in [5.41, 5.74) is -2.05. The van der Waals surface area contributed by atoms with Gasteiger partial charge in [-0.15, -0.1) is 0 Å². The van der Waals surface area contributed by atoms with E-state index >= 15 is 0 Å². The maximum atomic E-state index is 12.7. The molecule has 0 unspecified atom stereocenters. The summed E-state index contributed by atoms with van der Waals surface area (Å²) in [6.45, 7) is 3.07. The van der Waals surface area contributed by atoms with Crippen molar-refractivity contribution in [3.05, 3.63) is 27.2 Å². The van der Waals surface area contributed by atoms with Gasteiger partial charge in [0.2, 0.25) is 0 Å². The second kappa shape index (κ2) is 7.10. The number of nitrogens with zero attached hydrogens (tertiary/aromatic N) is 3. The Balaban J connectivity index is 2.36. The van der Waals surface area contributed by atoms with E-state index in [4.69, 9.17) is 7.48 Å². The van der Waals surface area contributed by atoms with E-state index in [2.05, 4.69) is 9.97 Å². The second-order valence-electron chi connectivity index (χ2n) is 5.99. The third-order valence-corrected chi connectivity index (χ3v) is 3.41. The summed E-state index contributed by atoms with van der Waals surface area (Å²) in [5, 5.41) is 9.71. The fraction of sp³-hybridized carbons (Fsp3) is 0.667. The number of rotatable bonds is 8. The highest BCUT2D eigenvalue weighted by Crippen LogP contribution is 2.12. The molecule has 8 heteroatoms. The van der Waals surface area contributed by atoms with Gasteiger partial charge in [0.1, 0.15) is 6.68 Å². The van der Waals surface area contributed by atoms with Crippen LogP contribution in [0.15, 0.2) is 15.9 Å². The number of hydrogen-bond acceptors (Lipinski definition) is 5. The number of aromatic nitrogens is 4. The normalized spacial score (nSPS) is 14.1. The van der Waals surface area contributed by atoms with Crippen LogP contribution in [0.1, 0.15) is 42.8 Å². The quantitative estimate of drug-likeness (QED) is 0.699. The largest absolute Gasteiger partial charge is 0.390 e. The molecule has 0 spiro atoms. The molecule has 2 rings (SSSR count). The molecule has 0 atom stereocenters. The van der Waals surface area contributed by atoms with Gasteiger partial charge in [-0.1, -0.05) is 0 Å². The van der Waals surface area contributed by atoms with Crippen molar-refractivity contribution in [2.45, 2.75) is 58.9 Å². The smallest absolute Gasteiger partial charge is 0.330 e. The number of imidazole rings is 1. The van der Waals surface area contributed by atoms with Crippen molar-refractivity contribution in [2.24, 2.45) is 0 Å². The van der Waals surface area contributed by atoms with Crippen LogP contribution in [0.4, 0.5) is 0 Å². The summed E-state index contributed by atoms with van der Waals surface area (Å²) in [6.07, 6.45) is 2.86. The number of ether oxygens (including phenoxy) is 1. The Kier molecular flexibility index (Phi) is 4.52. The van der Waals surface area contributed by atoms with E-state index in [1.54, 1.807) is 20.8 Å². The first-order valence-electron chi connectivity index (χ1n) is 8.64. The van der Waals surface area contributed by atoms with Crippen molar-refractivity contribution in [3.8, 4) is 0 Å². The van der Waals surface area contributed by atoms with Crippen molar-refractivity contribution in [1.29, 1.82) is 0 Å². The predicted octanol–water partition coefficient (Wildman–Crippen LogP) is 0.821. The first kappa shape index (κ1) is 14.6. The Morgan fingerprint density at radius 1 is 1.43 bits per heavy atom. The molecule has 0 aliphatic heterocycles. The van der Waals surface area contributed by atoms with Gasteiger partial charge in [0.05, 0.1) is 14.7 Å². The van der Waals surface area contributed by atoms with Crippen molar-refractivity contribution in [3.63, 3.8) is 0 Å². The SMILES string of the molecule is [2H]C([2H])(OCC)n1cnc2[nH]c(=O)n(CCCCC(C)(C)O)c(=O)c21. The Bertz CT molecular complexity index is 848. The molecular formula is C15H24N4O4. The summed E-state index contributed by atoms with van der Waals surface area (Å²) in [6, 6.07) is 0. The Morgan fingerprint density at radius 3 is 2.83 bits per heavy atom. The average molecular weight is 326 g/mol. The summed E-state index contributed by atoms with van der Waals surface area (Å²) in [7, 11) is 0. The third kappa shape index (κ3) is 4.29. The first-order chi connectivity index (χ1) is 11.6. The van der Waals surface area contributed by atoms with Gasteiger partial charge in [0.25, 0.3) is 5.56 Å². The van der Waals surface area contributed by atoms with Crippen LogP contribution in [0.3, 0.4) is 0 Å². The topological polar surface area (TPSA) is 102 Å². The molecule has 0 saturated carbocycles.